The lowest BCUT2D eigenvalue weighted by Gasteiger charge is -2.29. The molecule has 0 spiro atoms. The molecule has 0 aliphatic carbocycles. The van der Waals surface area contributed by atoms with Crippen molar-refractivity contribution in [3.63, 3.8) is 0 Å². The van der Waals surface area contributed by atoms with E-state index in [1.807, 2.05) is 0 Å². The predicted octanol–water partition coefficient (Wildman–Crippen LogP) is 2.23. The van der Waals surface area contributed by atoms with Gasteiger partial charge in [0.05, 0.1) is 6.61 Å². The van der Waals surface area contributed by atoms with Crippen molar-refractivity contribution in [2.75, 3.05) is 13.2 Å². The minimum Gasteiger partial charge on any atom is -0.395 e. The molecule has 1 heterocycles. The largest absolute Gasteiger partial charge is 0.395 e. The molecule has 0 saturated heterocycles. The van der Waals surface area contributed by atoms with E-state index in [9.17, 15) is 4.79 Å². The Morgan fingerprint density at radius 2 is 2.14 bits per heavy atom. The predicted molar refractivity (Wildman–Crippen MR) is 83.8 cm³/mol. The quantitative estimate of drug-likeness (QED) is 0.817. The lowest BCUT2D eigenvalue weighted by molar-refractivity contribution is 0.0920. The van der Waals surface area contributed by atoms with Gasteiger partial charge in [0.15, 0.2) is 0 Å². The van der Waals surface area contributed by atoms with Gasteiger partial charge in [-0.15, -0.1) is 0 Å². The molecule has 1 aromatic heterocycles. The van der Waals surface area contributed by atoms with Crippen LogP contribution in [0.2, 0.25) is 0 Å². The molecule has 4 nitrogen and oxygen atoms in total. The summed E-state index contributed by atoms with van der Waals surface area (Å²) in [4.78, 5) is 16.2. The number of hydrogen-bond donors (Lipinski definition) is 2. The van der Waals surface area contributed by atoms with Crippen LogP contribution in [0.5, 0.6) is 0 Å². The van der Waals surface area contributed by atoms with E-state index in [0.717, 1.165) is 5.56 Å². The highest BCUT2D eigenvalue weighted by Gasteiger charge is 2.23. The number of amides is 1. The molecule has 1 amide bonds. The maximum absolute atomic E-state index is 12.0. The van der Waals surface area contributed by atoms with Gasteiger partial charge in [0.25, 0.3) is 5.91 Å². The second-order valence-electron chi connectivity index (χ2n) is 6.03. The number of carbonyl (C=O) groups excluding carboxylic acids is 1. The standard InChI is InChI=1S/C17H24N2O2/c1-13(2)17(3,4)12-19-16(21)15-9-8-14(11-18-15)7-5-6-10-20/h8-9,11,13,20H,6,10,12H2,1-4H3,(H,19,21). The molecule has 114 valence electrons. The van der Waals surface area contributed by atoms with E-state index < -0.39 is 0 Å². The summed E-state index contributed by atoms with van der Waals surface area (Å²) in [5.74, 6) is 6.01. The smallest absolute Gasteiger partial charge is 0.269 e. The summed E-state index contributed by atoms with van der Waals surface area (Å²) in [7, 11) is 0. The molecule has 0 bridgehead atoms. The zero-order valence-corrected chi connectivity index (χ0v) is 13.2. The van der Waals surface area contributed by atoms with Crippen molar-refractivity contribution in [1.82, 2.24) is 10.3 Å². The van der Waals surface area contributed by atoms with Gasteiger partial charge >= 0.3 is 0 Å². The molecular formula is C17H24N2O2. The summed E-state index contributed by atoms with van der Waals surface area (Å²) in [5.41, 5.74) is 1.18. The molecule has 0 aliphatic rings. The zero-order chi connectivity index (χ0) is 15.9. The molecule has 0 radical (unpaired) electrons. The Balaban J connectivity index is 2.62. The lowest BCUT2D eigenvalue weighted by Crippen LogP contribution is -2.37. The summed E-state index contributed by atoms with van der Waals surface area (Å²) in [5, 5.41) is 11.6. The fraction of sp³-hybridized carbons (Fsp3) is 0.529. The molecule has 0 aliphatic heterocycles. The third kappa shape index (κ3) is 5.57. The number of carbonyl (C=O) groups is 1. The number of hydrogen-bond acceptors (Lipinski definition) is 3. The minimum absolute atomic E-state index is 0.0470. The van der Waals surface area contributed by atoms with Crippen molar-refractivity contribution in [2.24, 2.45) is 11.3 Å². The molecule has 0 saturated carbocycles. The van der Waals surface area contributed by atoms with Gasteiger partial charge < -0.3 is 10.4 Å². The number of pyridine rings is 1. The first kappa shape index (κ1) is 17.2. The van der Waals surface area contributed by atoms with Gasteiger partial charge in [-0.1, -0.05) is 39.5 Å². The maximum atomic E-state index is 12.0. The Hall–Kier alpha value is -1.86. The van der Waals surface area contributed by atoms with Gasteiger partial charge in [0, 0.05) is 24.7 Å². The van der Waals surface area contributed by atoms with E-state index in [2.05, 4.69) is 49.8 Å². The van der Waals surface area contributed by atoms with Crippen molar-refractivity contribution < 1.29 is 9.90 Å². The lowest BCUT2D eigenvalue weighted by atomic mass is 9.81. The average Bonchev–Trinajstić information content (AvgIpc) is 2.45. The second kappa shape index (κ2) is 7.80. The molecule has 4 heteroatoms. The number of nitrogens with zero attached hydrogens (tertiary/aromatic N) is 1. The van der Waals surface area contributed by atoms with Crippen molar-refractivity contribution >= 4 is 5.91 Å². The van der Waals surface area contributed by atoms with Gasteiger partial charge in [-0.05, 0) is 23.5 Å². The van der Waals surface area contributed by atoms with E-state index >= 15 is 0 Å². The normalized spacial score (nSPS) is 11.0. The number of rotatable bonds is 5. The van der Waals surface area contributed by atoms with Crippen molar-refractivity contribution in [3.8, 4) is 11.8 Å². The van der Waals surface area contributed by atoms with E-state index in [1.54, 1.807) is 18.3 Å². The molecule has 0 fully saturated rings. The number of aromatic nitrogens is 1. The molecule has 0 aromatic carbocycles. The van der Waals surface area contributed by atoms with Crippen molar-refractivity contribution in [2.45, 2.75) is 34.1 Å². The van der Waals surface area contributed by atoms with Gasteiger partial charge in [-0.25, -0.2) is 4.98 Å². The maximum Gasteiger partial charge on any atom is 0.269 e. The Bertz CT molecular complexity index is 522. The summed E-state index contributed by atoms with van der Waals surface area (Å²) >= 11 is 0. The Morgan fingerprint density at radius 1 is 1.43 bits per heavy atom. The van der Waals surface area contributed by atoms with Crippen LogP contribution in [0, 0.1) is 23.2 Å². The highest BCUT2D eigenvalue weighted by Crippen LogP contribution is 2.24. The van der Waals surface area contributed by atoms with Crippen LogP contribution in [0.3, 0.4) is 0 Å². The first-order valence-electron chi connectivity index (χ1n) is 7.21. The van der Waals surface area contributed by atoms with Gasteiger partial charge in [-0.2, -0.15) is 0 Å². The fourth-order valence-electron chi connectivity index (χ4n) is 1.43. The minimum atomic E-state index is -0.168. The van der Waals surface area contributed by atoms with Crippen LogP contribution < -0.4 is 5.32 Å². The van der Waals surface area contributed by atoms with Crippen LogP contribution in [0.4, 0.5) is 0 Å². The third-order valence-corrected chi connectivity index (χ3v) is 3.73. The van der Waals surface area contributed by atoms with E-state index in [4.69, 9.17) is 5.11 Å². The number of nitrogens with one attached hydrogen (secondary N) is 1. The number of aliphatic hydroxyl groups excluding tert-OH is 1. The molecule has 0 atom stereocenters. The monoisotopic (exact) mass is 288 g/mol. The molecule has 1 aromatic rings. The third-order valence-electron chi connectivity index (χ3n) is 3.73. The molecule has 1 rings (SSSR count). The van der Waals surface area contributed by atoms with Gasteiger partial charge in [-0.3, -0.25) is 4.79 Å². The SMILES string of the molecule is CC(C)C(C)(C)CNC(=O)c1ccc(C#CCCO)cn1. The molecule has 21 heavy (non-hydrogen) atoms. The highest BCUT2D eigenvalue weighted by molar-refractivity contribution is 5.92. The second-order valence-corrected chi connectivity index (χ2v) is 6.03. The van der Waals surface area contributed by atoms with Crippen LogP contribution in [0.1, 0.15) is 50.2 Å². The van der Waals surface area contributed by atoms with Gasteiger partial charge in [0.1, 0.15) is 5.69 Å². The highest BCUT2D eigenvalue weighted by atomic mass is 16.2. The number of aliphatic hydroxyl groups is 1. The van der Waals surface area contributed by atoms with Crippen molar-refractivity contribution in [3.05, 3.63) is 29.6 Å². The Morgan fingerprint density at radius 3 is 2.67 bits per heavy atom. The summed E-state index contributed by atoms with van der Waals surface area (Å²) in [6.07, 6.45) is 2.01. The van der Waals surface area contributed by atoms with Crippen LogP contribution in [-0.4, -0.2) is 29.1 Å². The van der Waals surface area contributed by atoms with Crippen LogP contribution in [0.25, 0.3) is 0 Å². The topological polar surface area (TPSA) is 62.2 Å². The average molecular weight is 288 g/mol. The summed E-state index contributed by atoms with van der Waals surface area (Å²) in [6, 6.07) is 3.43. The summed E-state index contributed by atoms with van der Waals surface area (Å²) in [6.45, 7) is 9.21. The van der Waals surface area contributed by atoms with Crippen LogP contribution >= 0.6 is 0 Å². The first-order chi connectivity index (χ1) is 9.86. The summed E-state index contributed by atoms with van der Waals surface area (Å²) < 4.78 is 0. The fourth-order valence-corrected chi connectivity index (χ4v) is 1.43. The van der Waals surface area contributed by atoms with E-state index in [-0.39, 0.29) is 17.9 Å². The van der Waals surface area contributed by atoms with Gasteiger partial charge in [0.2, 0.25) is 0 Å². The molecule has 0 unspecified atom stereocenters. The zero-order valence-electron chi connectivity index (χ0n) is 13.2. The van der Waals surface area contributed by atoms with Crippen LogP contribution in [-0.2, 0) is 0 Å². The van der Waals surface area contributed by atoms with E-state index in [0.29, 0.717) is 24.6 Å². The van der Waals surface area contributed by atoms with E-state index in [1.165, 1.54) is 0 Å². The first-order valence-corrected chi connectivity index (χ1v) is 7.21. The van der Waals surface area contributed by atoms with Crippen molar-refractivity contribution in [1.29, 1.82) is 0 Å². The molecule has 2 N–H and O–H groups in total. The Labute approximate surface area is 127 Å². The Kier molecular flexibility index (Phi) is 6.39. The molecular weight excluding hydrogens is 264 g/mol. The van der Waals surface area contributed by atoms with Crippen LogP contribution in [0.15, 0.2) is 18.3 Å².